The van der Waals surface area contributed by atoms with Gasteiger partial charge < -0.3 is 14.2 Å². The normalized spacial score (nSPS) is 19.4. The van der Waals surface area contributed by atoms with Gasteiger partial charge in [-0.15, -0.1) is 0 Å². The van der Waals surface area contributed by atoms with Gasteiger partial charge in [-0.3, -0.25) is 9.59 Å². The lowest BCUT2D eigenvalue weighted by atomic mass is 10.1. The quantitative estimate of drug-likeness (QED) is 0.690. The van der Waals surface area contributed by atoms with Crippen LogP contribution in [0, 0.1) is 5.92 Å². The van der Waals surface area contributed by atoms with Crippen LogP contribution in [-0.4, -0.2) is 38.7 Å². The van der Waals surface area contributed by atoms with Crippen LogP contribution < -0.4 is 4.90 Å². The number of rotatable bonds is 5. The average molecular weight is 374 g/mol. The number of amides is 2. The maximum Gasteiger partial charge on any atom is 0.228 e. The standard InChI is InChI=1S/C22H22N4O2/c27-21-12-16(14-25(21)17-6-2-1-3-7-17)22(28)26(18-9-10-18)15-19-13-23-20-8-4-5-11-24(19)20/h1-8,11,13,16,18H,9-10,12,14-15H2. The molecular formula is C22H22N4O2. The molecule has 1 aliphatic carbocycles. The Morgan fingerprint density at radius 3 is 2.68 bits per heavy atom. The second-order valence-electron chi connectivity index (χ2n) is 7.62. The van der Waals surface area contributed by atoms with Gasteiger partial charge in [-0.25, -0.2) is 4.98 Å². The topological polar surface area (TPSA) is 57.9 Å². The smallest absolute Gasteiger partial charge is 0.228 e. The Kier molecular flexibility index (Phi) is 4.11. The molecule has 1 atom stereocenters. The molecule has 2 fully saturated rings. The van der Waals surface area contributed by atoms with Crippen molar-refractivity contribution in [3.8, 4) is 0 Å². The van der Waals surface area contributed by atoms with Crippen molar-refractivity contribution in [2.75, 3.05) is 11.4 Å². The molecule has 2 aromatic heterocycles. The Morgan fingerprint density at radius 1 is 1.11 bits per heavy atom. The lowest BCUT2D eigenvalue weighted by molar-refractivity contribution is -0.137. The summed E-state index contributed by atoms with van der Waals surface area (Å²) < 4.78 is 2.03. The fraction of sp³-hybridized carbons (Fsp3) is 0.318. The van der Waals surface area contributed by atoms with Crippen LogP contribution in [0.3, 0.4) is 0 Å². The number of carbonyl (C=O) groups excluding carboxylic acids is 2. The fourth-order valence-corrected chi connectivity index (χ4v) is 4.01. The molecule has 2 aliphatic rings. The summed E-state index contributed by atoms with van der Waals surface area (Å²) in [6.07, 6.45) is 6.17. The molecule has 28 heavy (non-hydrogen) atoms. The largest absolute Gasteiger partial charge is 0.334 e. The highest BCUT2D eigenvalue weighted by atomic mass is 16.2. The third-order valence-corrected chi connectivity index (χ3v) is 5.64. The van der Waals surface area contributed by atoms with Crippen molar-refractivity contribution in [2.24, 2.45) is 5.92 Å². The molecule has 0 bridgehead atoms. The minimum atomic E-state index is -0.285. The Hall–Kier alpha value is -3.15. The number of hydrogen-bond donors (Lipinski definition) is 0. The van der Waals surface area contributed by atoms with E-state index in [1.165, 1.54) is 0 Å². The van der Waals surface area contributed by atoms with E-state index in [0.717, 1.165) is 29.9 Å². The minimum absolute atomic E-state index is 0.0232. The van der Waals surface area contributed by atoms with E-state index in [2.05, 4.69) is 4.98 Å². The molecule has 1 unspecified atom stereocenters. The molecule has 3 aromatic rings. The number of para-hydroxylation sites is 1. The third kappa shape index (κ3) is 3.05. The number of nitrogens with zero attached hydrogens (tertiary/aromatic N) is 4. The van der Waals surface area contributed by atoms with Crippen LogP contribution in [0.15, 0.2) is 60.9 Å². The van der Waals surface area contributed by atoms with Crippen molar-refractivity contribution in [2.45, 2.75) is 31.8 Å². The maximum atomic E-state index is 13.3. The van der Waals surface area contributed by atoms with E-state index in [4.69, 9.17) is 0 Å². The summed E-state index contributed by atoms with van der Waals surface area (Å²) >= 11 is 0. The molecule has 6 heteroatoms. The molecular weight excluding hydrogens is 352 g/mol. The van der Waals surface area contributed by atoms with Crippen molar-refractivity contribution < 1.29 is 9.59 Å². The van der Waals surface area contributed by atoms with E-state index in [9.17, 15) is 9.59 Å². The first kappa shape index (κ1) is 17.0. The SMILES string of the molecule is O=C1CC(C(=O)N(Cc2cnc3ccccn23)C2CC2)CN1c1ccccc1. The highest BCUT2D eigenvalue weighted by molar-refractivity contribution is 6.00. The fourth-order valence-electron chi connectivity index (χ4n) is 4.01. The van der Waals surface area contributed by atoms with E-state index < -0.39 is 0 Å². The van der Waals surface area contributed by atoms with E-state index in [1.54, 1.807) is 4.90 Å². The van der Waals surface area contributed by atoms with Crippen LogP contribution >= 0.6 is 0 Å². The lowest BCUT2D eigenvalue weighted by Gasteiger charge is -2.25. The predicted molar refractivity (Wildman–Crippen MR) is 106 cm³/mol. The molecule has 1 aromatic carbocycles. The molecule has 2 amide bonds. The van der Waals surface area contributed by atoms with Gasteiger partial charge in [0, 0.05) is 30.9 Å². The average Bonchev–Trinajstić information content (AvgIpc) is 3.38. The van der Waals surface area contributed by atoms with Gasteiger partial charge in [0.05, 0.1) is 24.4 Å². The molecule has 0 N–H and O–H groups in total. The molecule has 5 rings (SSSR count). The molecule has 0 radical (unpaired) electrons. The molecule has 3 heterocycles. The van der Waals surface area contributed by atoms with Crippen LogP contribution in [-0.2, 0) is 16.1 Å². The van der Waals surface area contributed by atoms with Gasteiger partial charge in [0.15, 0.2) is 0 Å². The summed E-state index contributed by atoms with van der Waals surface area (Å²) in [5.74, 6) is -0.178. The zero-order valence-electron chi connectivity index (χ0n) is 15.6. The lowest BCUT2D eigenvalue weighted by Crippen LogP contribution is -2.38. The Bertz CT molecular complexity index is 1030. The predicted octanol–water partition coefficient (Wildman–Crippen LogP) is 2.88. The van der Waals surface area contributed by atoms with E-state index in [1.807, 2.05) is 70.2 Å². The van der Waals surface area contributed by atoms with Crippen LogP contribution in [0.4, 0.5) is 5.69 Å². The molecule has 142 valence electrons. The third-order valence-electron chi connectivity index (χ3n) is 5.64. The van der Waals surface area contributed by atoms with Gasteiger partial charge in [0.1, 0.15) is 5.65 Å². The molecule has 6 nitrogen and oxygen atoms in total. The second kappa shape index (κ2) is 6.78. The van der Waals surface area contributed by atoms with Crippen molar-refractivity contribution in [3.05, 3.63) is 66.6 Å². The zero-order valence-corrected chi connectivity index (χ0v) is 15.6. The summed E-state index contributed by atoms with van der Waals surface area (Å²) in [4.78, 5) is 34.0. The van der Waals surface area contributed by atoms with Gasteiger partial charge in [-0.1, -0.05) is 24.3 Å². The van der Waals surface area contributed by atoms with Crippen LogP contribution in [0.1, 0.15) is 25.0 Å². The van der Waals surface area contributed by atoms with Crippen molar-refractivity contribution in [1.82, 2.24) is 14.3 Å². The van der Waals surface area contributed by atoms with Gasteiger partial charge in [-0.05, 0) is 37.1 Å². The molecule has 0 spiro atoms. The van der Waals surface area contributed by atoms with Crippen molar-refractivity contribution in [1.29, 1.82) is 0 Å². The number of pyridine rings is 1. The number of aromatic nitrogens is 2. The number of carbonyl (C=O) groups is 2. The van der Waals surface area contributed by atoms with Crippen LogP contribution in [0.2, 0.25) is 0 Å². The van der Waals surface area contributed by atoms with Gasteiger partial charge in [-0.2, -0.15) is 0 Å². The first-order valence-corrected chi connectivity index (χ1v) is 9.77. The first-order chi connectivity index (χ1) is 13.7. The number of imidazole rings is 1. The van der Waals surface area contributed by atoms with E-state index in [-0.39, 0.29) is 30.2 Å². The monoisotopic (exact) mass is 374 g/mol. The number of benzene rings is 1. The molecule has 1 saturated heterocycles. The van der Waals surface area contributed by atoms with E-state index in [0.29, 0.717) is 13.1 Å². The van der Waals surface area contributed by atoms with Crippen molar-refractivity contribution in [3.63, 3.8) is 0 Å². The minimum Gasteiger partial charge on any atom is -0.334 e. The van der Waals surface area contributed by atoms with Gasteiger partial charge >= 0.3 is 0 Å². The van der Waals surface area contributed by atoms with E-state index >= 15 is 0 Å². The van der Waals surface area contributed by atoms with Crippen LogP contribution in [0.5, 0.6) is 0 Å². The summed E-state index contributed by atoms with van der Waals surface area (Å²) in [6, 6.07) is 15.8. The summed E-state index contributed by atoms with van der Waals surface area (Å²) in [6.45, 7) is 0.989. The van der Waals surface area contributed by atoms with Crippen molar-refractivity contribution >= 4 is 23.1 Å². The van der Waals surface area contributed by atoms with Gasteiger partial charge in [0.25, 0.3) is 0 Å². The second-order valence-corrected chi connectivity index (χ2v) is 7.62. The van der Waals surface area contributed by atoms with Gasteiger partial charge in [0.2, 0.25) is 11.8 Å². The Balaban J connectivity index is 1.36. The summed E-state index contributed by atoms with van der Waals surface area (Å²) in [5.41, 5.74) is 2.75. The summed E-state index contributed by atoms with van der Waals surface area (Å²) in [7, 11) is 0. The Morgan fingerprint density at radius 2 is 1.89 bits per heavy atom. The first-order valence-electron chi connectivity index (χ1n) is 9.77. The number of anilines is 1. The number of fused-ring (bicyclic) bond motifs is 1. The number of hydrogen-bond acceptors (Lipinski definition) is 3. The maximum absolute atomic E-state index is 13.3. The summed E-state index contributed by atoms with van der Waals surface area (Å²) in [5, 5.41) is 0. The molecule has 1 saturated carbocycles. The highest BCUT2D eigenvalue weighted by Crippen LogP contribution is 2.33. The Labute approximate surface area is 163 Å². The molecule has 1 aliphatic heterocycles. The van der Waals surface area contributed by atoms with Crippen LogP contribution in [0.25, 0.3) is 5.65 Å². The highest BCUT2D eigenvalue weighted by Gasteiger charge is 2.41. The zero-order chi connectivity index (χ0) is 19.1.